The van der Waals surface area contributed by atoms with Gasteiger partial charge in [0.2, 0.25) is 0 Å². The molecular formula is C8H16N4O2. The molecule has 0 amide bonds. The highest BCUT2D eigenvalue weighted by atomic mass is 16.7. The third-order valence-corrected chi connectivity index (χ3v) is 2.53. The predicted molar refractivity (Wildman–Crippen MR) is 51.5 cm³/mol. The summed E-state index contributed by atoms with van der Waals surface area (Å²) in [6, 6.07) is -0.348. The summed E-state index contributed by atoms with van der Waals surface area (Å²) in [4.78, 5) is 2.78. The van der Waals surface area contributed by atoms with E-state index in [0.29, 0.717) is 6.42 Å². The van der Waals surface area contributed by atoms with E-state index in [1.165, 1.54) is 0 Å². The van der Waals surface area contributed by atoms with Crippen LogP contribution >= 0.6 is 0 Å². The maximum Gasteiger partial charge on any atom is 0.159 e. The van der Waals surface area contributed by atoms with Crippen LogP contribution in [0.15, 0.2) is 5.11 Å². The Bertz CT molecular complexity index is 250. The fourth-order valence-corrected chi connectivity index (χ4v) is 1.80. The van der Waals surface area contributed by atoms with Gasteiger partial charge in [0.1, 0.15) is 0 Å². The summed E-state index contributed by atoms with van der Waals surface area (Å²) in [5.74, 6) is 0. The Hall–Kier alpha value is -0.810. The topological polar surface area (TPSA) is 93.2 Å². The summed E-state index contributed by atoms with van der Waals surface area (Å²) in [6.45, 7) is 3.67. The Morgan fingerprint density at radius 1 is 1.71 bits per heavy atom. The minimum atomic E-state index is -0.579. The maximum atomic E-state index is 8.41. The van der Waals surface area contributed by atoms with Gasteiger partial charge in [-0.15, -0.1) is 0 Å². The number of methoxy groups -OCH3 is 1. The first-order valence-corrected chi connectivity index (χ1v) is 4.52. The summed E-state index contributed by atoms with van der Waals surface area (Å²) >= 11 is 0. The van der Waals surface area contributed by atoms with Gasteiger partial charge in [-0.25, -0.2) is 0 Å². The molecular weight excluding hydrogens is 184 g/mol. The second kappa shape index (κ2) is 4.14. The molecule has 0 aromatic carbocycles. The molecule has 6 heteroatoms. The number of ether oxygens (including phenoxy) is 2. The van der Waals surface area contributed by atoms with Crippen LogP contribution in [-0.2, 0) is 9.47 Å². The van der Waals surface area contributed by atoms with Gasteiger partial charge in [-0.1, -0.05) is 5.11 Å². The van der Waals surface area contributed by atoms with E-state index in [0.717, 1.165) is 0 Å². The van der Waals surface area contributed by atoms with Crippen LogP contribution in [0.3, 0.4) is 0 Å². The zero-order valence-electron chi connectivity index (χ0n) is 8.67. The smallest absolute Gasteiger partial charge is 0.159 e. The molecule has 6 nitrogen and oxygen atoms in total. The monoisotopic (exact) mass is 200 g/mol. The molecule has 0 aliphatic carbocycles. The van der Waals surface area contributed by atoms with Crippen molar-refractivity contribution in [3.05, 3.63) is 10.4 Å². The van der Waals surface area contributed by atoms with Crippen LogP contribution in [0.5, 0.6) is 0 Å². The molecule has 0 spiro atoms. The standard InChI is InChI=1S/C8H16N4O2/c1-5-7(11-12-10)8(2,9)4-6(13-3)14-5/h5-7H,4,9H2,1-3H3/t5-,6-,7+,8+/m0/s1. The number of hydrogen-bond donors (Lipinski definition) is 1. The number of hydrogen-bond acceptors (Lipinski definition) is 4. The van der Waals surface area contributed by atoms with Crippen molar-refractivity contribution < 1.29 is 9.47 Å². The van der Waals surface area contributed by atoms with Gasteiger partial charge in [-0.3, -0.25) is 0 Å². The van der Waals surface area contributed by atoms with Crippen LogP contribution < -0.4 is 5.73 Å². The first-order chi connectivity index (χ1) is 6.51. The third kappa shape index (κ3) is 2.16. The fourth-order valence-electron chi connectivity index (χ4n) is 1.80. The van der Waals surface area contributed by atoms with E-state index in [9.17, 15) is 0 Å². The average molecular weight is 200 g/mol. The summed E-state index contributed by atoms with van der Waals surface area (Å²) in [5, 5.41) is 3.66. The zero-order chi connectivity index (χ0) is 10.8. The summed E-state index contributed by atoms with van der Waals surface area (Å²) in [7, 11) is 1.57. The minimum Gasteiger partial charge on any atom is -0.356 e. The lowest BCUT2D eigenvalue weighted by molar-refractivity contribution is -0.196. The number of nitrogens with zero attached hydrogens (tertiary/aromatic N) is 3. The van der Waals surface area contributed by atoms with Crippen molar-refractivity contribution in [3.63, 3.8) is 0 Å². The third-order valence-electron chi connectivity index (χ3n) is 2.53. The number of rotatable bonds is 2. The average Bonchev–Trinajstić information content (AvgIpc) is 2.10. The molecule has 0 aromatic rings. The quantitative estimate of drug-likeness (QED) is 0.411. The Balaban J connectivity index is 2.82. The van der Waals surface area contributed by atoms with Crippen molar-refractivity contribution >= 4 is 0 Å². The maximum absolute atomic E-state index is 8.41. The van der Waals surface area contributed by atoms with Gasteiger partial charge >= 0.3 is 0 Å². The van der Waals surface area contributed by atoms with E-state index >= 15 is 0 Å². The van der Waals surface area contributed by atoms with Crippen LogP contribution in [0.25, 0.3) is 10.4 Å². The van der Waals surface area contributed by atoms with Crippen LogP contribution in [0.2, 0.25) is 0 Å². The van der Waals surface area contributed by atoms with Crippen LogP contribution in [0.4, 0.5) is 0 Å². The highest BCUT2D eigenvalue weighted by Crippen LogP contribution is 2.29. The van der Waals surface area contributed by atoms with Gasteiger partial charge in [0, 0.05) is 24.0 Å². The van der Waals surface area contributed by atoms with Crippen molar-refractivity contribution in [3.8, 4) is 0 Å². The highest BCUT2D eigenvalue weighted by Gasteiger charge is 2.42. The molecule has 1 heterocycles. The Morgan fingerprint density at radius 3 is 2.79 bits per heavy atom. The van der Waals surface area contributed by atoms with Gasteiger partial charge in [0.15, 0.2) is 6.29 Å². The molecule has 2 N–H and O–H groups in total. The molecule has 0 unspecified atom stereocenters. The lowest BCUT2D eigenvalue weighted by atomic mass is 9.84. The molecule has 0 saturated carbocycles. The summed E-state index contributed by atoms with van der Waals surface area (Å²) in [6.07, 6.45) is -0.0120. The van der Waals surface area contributed by atoms with Gasteiger partial charge in [0.05, 0.1) is 12.1 Å². The van der Waals surface area contributed by atoms with Crippen molar-refractivity contribution in [1.29, 1.82) is 0 Å². The zero-order valence-corrected chi connectivity index (χ0v) is 8.67. The second-order valence-electron chi connectivity index (χ2n) is 3.87. The molecule has 1 aliphatic heterocycles. The molecule has 14 heavy (non-hydrogen) atoms. The molecule has 0 aromatic heterocycles. The van der Waals surface area contributed by atoms with Crippen molar-refractivity contribution in [1.82, 2.24) is 0 Å². The summed E-state index contributed by atoms with van der Waals surface area (Å²) in [5.41, 5.74) is 13.9. The lowest BCUT2D eigenvalue weighted by Crippen LogP contribution is -2.59. The van der Waals surface area contributed by atoms with Crippen molar-refractivity contribution in [2.45, 2.75) is 44.2 Å². The first kappa shape index (κ1) is 11.3. The normalized spacial score (nSPS) is 43.0. The van der Waals surface area contributed by atoms with E-state index in [4.69, 9.17) is 20.7 Å². The summed E-state index contributed by atoms with van der Waals surface area (Å²) < 4.78 is 10.6. The van der Waals surface area contributed by atoms with Gasteiger partial charge in [-0.2, -0.15) is 0 Å². The molecule has 0 bridgehead atoms. The Labute approximate surface area is 83.0 Å². The fraction of sp³-hybridized carbons (Fsp3) is 1.00. The van der Waals surface area contributed by atoms with E-state index < -0.39 is 5.54 Å². The van der Waals surface area contributed by atoms with E-state index in [1.54, 1.807) is 7.11 Å². The van der Waals surface area contributed by atoms with Gasteiger partial charge in [0.25, 0.3) is 0 Å². The lowest BCUT2D eigenvalue weighted by Gasteiger charge is -2.43. The van der Waals surface area contributed by atoms with Crippen LogP contribution in [0.1, 0.15) is 20.3 Å². The molecule has 1 aliphatic rings. The number of nitrogens with two attached hydrogens (primary N) is 1. The van der Waals surface area contributed by atoms with Crippen LogP contribution in [-0.4, -0.2) is 31.1 Å². The predicted octanol–water partition coefficient (Wildman–Crippen LogP) is 1.16. The number of azide groups is 1. The molecule has 80 valence electrons. The van der Waals surface area contributed by atoms with E-state index in [1.807, 2.05) is 13.8 Å². The second-order valence-corrected chi connectivity index (χ2v) is 3.87. The van der Waals surface area contributed by atoms with Crippen molar-refractivity contribution in [2.75, 3.05) is 7.11 Å². The molecule has 4 atom stereocenters. The van der Waals surface area contributed by atoms with E-state index in [-0.39, 0.29) is 18.4 Å². The highest BCUT2D eigenvalue weighted by molar-refractivity contribution is 4.99. The SMILES string of the molecule is CO[C@@H]1C[C@@](C)(N)[C@H](N=[N+]=[N-])[C@H](C)O1. The van der Waals surface area contributed by atoms with Crippen LogP contribution in [0, 0.1) is 0 Å². The molecule has 1 rings (SSSR count). The Kier molecular flexibility index (Phi) is 3.34. The van der Waals surface area contributed by atoms with Crippen molar-refractivity contribution in [2.24, 2.45) is 10.8 Å². The first-order valence-electron chi connectivity index (χ1n) is 4.52. The van der Waals surface area contributed by atoms with Gasteiger partial charge in [-0.05, 0) is 19.4 Å². The molecule has 0 radical (unpaired) electrons. The molecule has 1 saturated heterocycles. The van der Waals surface area contributed by atoms with E-state index in [2.05, 4.69) is 10.0 Å². The minimum absolute atomic E-state index is 0.223. The largest absolute Gasteiger partial charge is 0.356 e. The molecule has 1 fully saturated rings. The van der Waals surface area contributed by atoms with Gasteiger partial charge < -0.3 is 15.2 Å². The Morgan fingerprint density at radius 2 is 2.36 bits per heavy atom.